The lowest BCUT2D eigenvalue weighted by Gasteiger charge is -2.07. The number of carbonyl (C=O) groups excluding carboxylic acids is 2. The Labute approximate surface area is 107 Å². The third-order valence-corrected chi connectivity index (χ3v) is 2.27. The summed E-state index contributed by atoms with van der Waals surface area (Å²) < 4.78 is 0. The molecule has 18 heavy (non-hydrogen) atoms. The monoisotopic (exact) mass is 249 g/mol. The first-order valence-electron chi connectivity index (χ1n) is 6.05. The number of hydrogen-bond acceptors (Lipinski definition) is 3. The van der Waals surface area contributed by atoms with Gasteiger partial charge in [-0.25, -0.2) is 0 Å². The molecule has 0 saturated heterocycles. The Balaban J connectivity index is 2.23. The van der Waals surface area contributed by atoms with Crippen LogP contribution in [0, 0.1) is 5.92 Å². The molecule has 0 radical (unpaired) electrons. The number of amides is 2. The summed E-state index contributed by atoms with van der Waals surface area (Å²) in [7, 11) is 0. The first-order valence-corrected chi connectivity index (χ1v) is 6.05. The number of nitrogens with zero attached hydrogens (tertiary/aromatic N) is 1. The molecule has 0 aliphatic carbocycles. The van der Waals surface area contributed by atoms with Crippen LogP contribution in [0.1, 0.15) is 19.5 Å². The van der Waals surface area contributed by atoms with Crippen LogP contribution >= 0.6 is 0 Å². The number of aromatic nitrogens is 1. The summed E-state index contributed by atoms with van der Waals surface area (Å²) in [6.07, 6.45) is 2.32. The van der Waals surface area contributed by atoms with Crippen LogP contribution in [-0.4, -0.2) is 29.9 Å². The van der Waals surface area contributed by atoms with Crippen molar-refractivity contribution in [2.45, 2.75) is 20.3 Å². The molecular formula is C13H19N3O2. The van der Waals surface area contributed by atoms with Crippen molar-refractivity contribution < 1.29 is 9.59 Å². The van der Waals surface area contributed by atoms with Gasteiger partial charge in [0.1, 0.15) is 0 Å². The summed E-state index contributed by atoms with van der Waals surface area (Å²) in [4.78, 5) is 26.9. The highest BCUT2D eigenvalue weighted by atomic mass is 16.2. The third kappa shape index (κ3) is 5.43. The highest BCUT2D eigenvalue weighted by Gasteiger charge is 2.12. The van der Waals surface area contributed by atoms with Crippen LogP contribution in [0.25, 0.3) is 0 Å². The molecule has 0 saturated carbocycles. The number of hydrogen-bond donors (Lipinski definition) is 2. The number of carbonyl (C=O) groups is 2. The maximum atomic E-state index is 11.4. The predicted octanol–water partition coefficient (Wildman–Crippen LogP) is 0.512. The van der Waals surface area contributed by atoms with Gasteiger partial charge in [0.25, 0.3) is 0 Å². The number of pyridine rings is 1. The Bertz CT molecular complexity index is 390. The number of nitrogens with one attached hydrogen (secondary N) is 2. The summed E-state index contributed by atoms with van der Waals surface area (Å²) in [6, 6.07) is 5.60. The van der Waals surface area contributed by atoms with Crippen molar-refractivity contribution in [3.8, 4) is 0 Å². The highest BCUT2D eigenvalue weighted by molar-refractivity contribution is 6.35. The van der Waals surface area contributed by atoms with E-state index < -0.39 is 11.8 Å². The maximum absolute atomic E-state index is 11.4. The Morgan fingerprint density at radius 3 is 2.56 bits per heavy atom. The molecule has 2 N–H and O–H groups in total. The minimum Gasteiger partial charge on any atom is -0.348 e. The summed E-state index contributed by atoms with van der Waals surface area (Å²) in [5, 5.41) is 5.13. The van der Waals surface area contributed by atoms with Crippen LogP contribution in [0.4, 0.5) is 0 Å². The van der Waals surface area contributed by atoms with Gasteiger partial charge in [0.05, 0.1) is 0 Å². The van der Waals surface area contributed by atoms with E-state index in [1.54, 1.807) is 6.20 Å². The summed E-state index contributed by atoms with van der Waals surface area (Å²) in [5.74, 6) is -0.841. The second kappa shape index (κ2) is 7.42. The maximum Gasteiger partial charge on any atom is 0.309 e. The van der Waals surface area contributed by atoms with Crippen molar-refractivity contribution >= 4 is 11.8 Å². The van der Waals surface area contributed by atoms with Gasteiger partial charge in [-0.05, 0) is 18.1 Å². The van der Waals surface area contributed by atoms with Gasteiger partial charge in [0.2, 0.25) is 0 Å². The van der Waals surface area contributed by atoms with E-state index in [1.807, 2.05) is 32.0 Å². The second-order valence-corrected chi connectivity index (χ2v) is 4.43. The molecule has 0 bridgehead atoms. The molecule has 0 aliphatic heterocycles. The zero-order valence-electron chi connectivity index (χ0n) is 10.8. The molecule has 1 aromatic rings. The summed E-state index contributed by atoms with van der Waals surface area (Å²) in [5.41, 5.74) is 0.889. The molecule has 0 fully saturated rings. The topological polar surface area (TPSA) is 71.1 Å². The lowest BCUT2D eigenvalue weighted by Crippen LogP contribution is -2.41. The minimum absolute atomic E-state index is 0.329. The van der Waals surface area contributed by atoms with Crippen molar-refractivity contribution in [2.75, 3.05) is 13.1 Å². The molecule has 0 aliphatic rings. The SMILES string of the molecule is CC(C)CNC(=O)C(=O)NCCc1ccccn1. The molecule has 5 nitrogen and oxygen atoms in total. The molecule has 0 aromatic carbocycles. The average molecular weight is 249 g/mol. The molecule has 1 aromatic heterocycles. The number of rotatable bonds is 5. The van der Waals surface area contributed by atoms with E-state index in [4.69, 9.17) is 0 Å². The van der Waals surface area contributed by atoms with Gasteiger partial charge < -0.3 is 10.6 Å². The van der Waals surface area contributed by atoms with E-state index in [9.17, 15) is 9.59 Å². The van der Waals surface area contributed by atoms with Crippen LogP contribution in [0.5, 0.6) is 0 Å². The zero-order chi connectivity index (χ0) is 13.4. The molecule has 2 amide bonds. The van der Waals surface area contributed by atoms with E-state index >= 15 is 0 Å². The van der Waals surface area contributed by atoms with Gasteiger partial charge >= 0.3 is 11.8 Å². The highest BCUT2D eigenvalue weighted by Crippen LogP contribution is 1.93. The van der Waals surface area contributed by atoms with Gasteiger partial charge in [-0.2, -0.15) is 0 Å². The van der Waals surface area contributed by atoms with E-state index in [2.05, 4.69) is 15.6 Å². The van der Waals surface area contributed by atoms with Gasteiger partial charge in [0.15, 0.2) is 0 Å². The van der Waals surface area contributed by atoms with E-state index in [1.165, 1.54) is 0 Å². The Morgan fingerprint density at radius 1 is 1.22 bits per heavy atom. The van der Waals surface area contributed by atoms with Crippen LogP contribution in [0.2, 0.25) is 0 Å². The van der Waals surface area contributed by atoms with Crippen molar-refractivity contribution in [2.24, 2.45) is 5.92 Å². The molecule has 1 rings (SSSR count). The second-order valence-electron chi connectivity index (χ2n) is 4.43. The van der Waals surface area contributed by atoms with E-state index in [0.29, 0.717) is 25.4 Å². The first kappa shape index (κ1) is 14.2. The molecule has 0 atom stereocenters. The summed E-state index contributed by atoms with van der Waals surface area (Å²) in [6.45, 7) is 4.86. The minimum atomic E-state index is -0.591. The predicted molar refractivity (Wildman–Crippen MR) is 68.8 cm³/mol. The van der Waals surface area contributed by atoms with Gasteiger partial charge in [0, 0.05) is 31.4 Å². The normalized spacial score (nSPS) is 10.2. The molecule has 0 spiro atoms. The van der Waals surface area contributed by atoms with Crippen molar-refractivity contribution in [3.63, 3.8) is 0 Å². The van der Waals surface area contributed by atoms with Crippen LogP contribution in [0.15, 0.2) is 24.4 Å². The molecule has 98 valence electrons. The Morgan fingerprint density at radius 2 is 1.94 bits per heavy atom. The van der Waals surface area contributed by atoms with Crippen molar-refractivity contribution in [3.05, 3.63) is 30.1 Å². The lowest BCUT2D eigenvalue weighted by atomic mass is 10.2. The fourth-order valence-electron chi connectivity index (χ4n) is 1.31. The molecule has 0 unspecified atom stereocenters. The van der Waals surface area contributed by atoms with Gasteiger partial charge in [-0.15, -0.1) is 0 Å². The summed E-state index contributed by atoms with van der Waals surface area (Å²) >= 11 is 0. The quantitative estimate of drug-likeness (QED) is 0.747. The molecule has 5 heteroatoms. The Hall–Kier alpha value is -1.91. The zero-order valence-corrected chi connectivity index (χ0v) is 10.8. The lowest BCUT2D eigenvalue weighted by molar-refractivity contribution is -0.139. The molecule has 1 heterocycles. The van der Waals surface area contributed by atoms with E-state index in [-0.39, 0.29) is 0 Å². The Kier molecular flexibility index (Phi) is 5.84. The standard InChI is InChI=1S/C13H19N3O2/c1-10(2)9-16-13(18)12(17)15-8-6-11-5-3-4-7-14-11/h3-5,7,10H,6,8-9H2,1-2H3,(H,15,17)(H,16,18). The van der Waals surface area contributed by atoms with Gasteiger partial charge in [-0.3, -0.25) is 14.6 Å². The van der Waals surface area contributed by atoms with Crippen LogP contribution in [-0.2, 0) is 16.0 Å². The van der Waals surface area contributed by atoms with Crippen molar-refractivity contribution in [1.29, 1.82) is 0 Å². The first-order chi connectivity index (χ1) is 8.59. The fourth-order valence-corrected chi connectivity index (χ4v) is 1.31. The van der Waals surface area contributed by atoms with Crippen molar-refractivity contribution in [1.82, 2.24) is 15.6 Å². The van der Waals surface area contributed by atoms with Gasteiger partial charge in [-0.1, -0.05) is 19.9 Å². The van der Waals surface area contributed by atoms with Crippen LogP contribution in [0.3, 0.4) is 0 Å². The smallest absolute Gasteiger partial charge is 0.309 e. The fraction of sp³-hybridized carbons (Fsp3) is 0.462. The third-order valence-electron chi connectivity index (χ3n) is 2.27. The van der Waals surface area contributed by atoms with E-state index in [0.717, 1.165) is 5.69 Å². The van der Waals surface area contributed by atoms with Crippen LogP contribution < -0.4 is 10.6 Å². The molecular weight excluding hydrogens is 230 g/mol. The average Bonchev–Trinajstić information content (AvgIpc) is 2.37. The largest absolute Gasteiger partial charge is 0.348 e.